The predicted octanol–water partition coefficient (Wildman–Crippen LogP) is 5.38. The third kappa shape index (κ3) is 8.02. The Morgan fingerprint density at radius 3 is 2.64 bits per heavy atom. The molecule has 0 saturated carbocycles. The quantitative estimate of drug-likeness (QED) is 0.358. The van der Waals surface area contributed by atoms with Gasteiger partial charge >= 0.3 is 6.03 Å². The topological polar surface area (TPSA) is 52.7 Å². The van der Waals surface area contributed by atoms with Crippen molar-refractivity contribution in [1.29, 1.82) is 0 Å². The molecule has 0 aliphatic carbocycles. The lowest BCUT2D eigenvalue weighted by atomic mass is 9.95. The van der Waals surface area contributed by atoms with Gasteiger partial charge < -0.3 is 15.1 Å². The highest BCUT2D eigenvalue weighted by Gasteiger charge is 2.21. The zero-order valence-electron chi connectivity index (χ0n) is 19.6. The first kappa shape index (κ1) is 27.2. The summed E-state index contributed by atoms with van der Waals surface area (Å²) in [5, 5.41) is 3.68. The zero-order valence-corrected chi connectivity index (χ0v) is 21.2. The molecular formula is C26H35Cl2N3O2. The Labute approximate surface area is 208 Å². The maximum atomic E-state index is 12.7. The van der Waals surface area contributed by atoms with Gasteiger partial charge in [0.05, 0.1) is 0 Å². The Hall–Kier alpha value is -2.08. The second-order valence-electron chi connectivity index (χ2n) is 8.52. The molecule has 0 spiro atoms. The van der Waals surface area contributed by atoms with Crippen LogP contribution in [-0.4, -0.2) is 54.8 Å². The van der Waals surface area contributed by atoms with Gasteiger partial charge in [-0.25, -0.2) is 4.79 Å². The highest BCUT2D eigenvalue weighted by molar-refractivity contribution is 6.31. The Morgan fingerprint density at radius 1 is 1.09 bits per heavy atom. The minimum atomic E-state index is -0.0338. The summed E-state index contributed by atoms with van der Waals surface area (Å²) in [5.74, 6) is 0.182. The van der Waals surface area contributed by atoms with Crippen molar-refractivity contribution in [2.24, 2.45) is 0 Å². The standard InChI is InChI=1S/C26H34ClN3O2.ClH/c1-3-28-26(32)30-17-14-20-11-12-22(18-23(20)19-30)25(31)10-6-7-15-29(2)16-13-21-8-4-5-9-24(21)27;/h4-5,8-9,11-12,18H,3,6-7,10,13-17,19H2,1-2H3,(H,28,32);1H. The molecule has 33 heavy (non-hydrogen) atoms. The van der Waals surface area contributed by atoms with Gasteiger partial charge in [-0.3, -0.25) is 4.79 Å². The van der Waals surface area contributed by atoms with Crippen molar-refractivity contribution in [1.82, 2.24) is 15.1 Å². The number of carbonyl (C=O) groups excluding carboxylic acids is 2. The fourth-order valence-corrected chi connectivity index (χ4v) is 4.33. The molecule has 0 fully saturated rings. The minimum absolute atomic E-state index is 0. The Morgan fingerprint density at radius 2 is 1.88 bits per heavy atom. The number of ketones is 1. The highest BCUT2D eigenvalue weighted by Crippen LogP contribution is 2.22. The summed E-state index contributed by atoms with van der Waals surface area (Å²) >= 11 is 6.23. The highest BCUT2D eigenvalue weighted by atomic mass is 35.5. The van der Waals surface area contributed by atoms with Gasteiger partial charge in [0, 0.05) is 43.2 Å². The van der Waals surface area contributed by atoms with Crippen LogP contribution in [0.4, 0.5) is 4.79 Å². The molecule has 0 atom stereocenters. The zero-order chi connectivity index (χ0) is 22.9. The number of rotatable bonds is 10. The molecule has 1 N–H and O–H groups in total. The summed E-state index contributed by atoms with van der Waals surface area (Å²) in [6, 6.07) is 13.9. The summed E-state index contributed by atoms with van der Waals surface area (Å²) in [6.07, 6.45) is 4.17. The molecule has 2 amide bonds. The van der Waals surface area contributed by atoms with Gasteiger partial charge in [0.1, 0.15) is 0 Å². The maximum absolute atomic E-state index is 12.7. The summed E-state index contributed by atoms with van der Waals surface area (Å²) in [5.41, 5.74) is 4.26. The van der Waals surface area contributed by atoms with E-state index in [-0.39, 0.29) is 24.2 Å². The van der Waals surface area contributed by atoms with Crippen molar-refractivity contribution in [3.05, 3.63) is 69.7 Å². The Kier molecular flexibility index (Phi) is 11.2. The summed E-state index contributed by atoms with van der Waals surface area (Å²) in [4.78, 5) is 29.0. The van der Waals surface area contributed by atoms with Crippen molar-refractivity contribution in [3.8, 4) is 0 Å². The number of unbranched alkanes of at least 4 members (excludes halogenated alkanes) is 1. The summed E-state index contributed by atoms with van der Waals surface area (Å²) < 4.78 is 0. The third-order valence-electron chi connectivity index (χ3n) is 6.07. The van der Waals surface area contributed by atoms with E-state index in [1.54, 1.807) is 0 Å². The fourth-order valence-electron chi connectivity index (χ4n) is 4.10. The number of halogens is 2. The SMILES string of the molecule is CCNC(=O)N1CCc2ccc(C(=O)CCCCN(C)CCc3ccccc3Cl)cc2C1.Cl. The Bertz CT molecular complexity index is 936. The van der Waals surface area contributed by atoms with Crippen LogP contribution < -0.4 is 5.32 Å². The van der Waals surface area contributed by atoms with E-state index in [4.69, 9.17) is 11.6 Å². The number of carbonyl (C=O) groups is 2. The number of amides is 2. The average molecular weight is 492 g/mol. The molecule has 2 aromatic carbocycles. The number of nitrogens with zero attached hydrogens (tertiary/aromatic N) is 2. The molecule has 0 aromatic heterocycles. The molecule has 1 aliphatic heterocycles. The number of hydrogen-bond donors (Lipinski definition) is 1. The minimum Gasteiger partial charge on any atom is -0.338 e. The van der Waals surface area contributed by atoms with Crippen LogP contribution in [-0.2, 0) is 19.4 Å². The van der Waals surface area contributed by atoms with E-state index in [0.29, 0.717) is 19.5 Å². The first-order valence-electron chi connectivity index (χ1n) is 11.6. The molecule has 2 aromatic rings. The number of hydrogen-bond acceptors (Lipinski definition) is 3. The van der Waals surface area contributed by atoms with Crippen LogP contribution in [0, 0.1) is 0 Å². The van der Waals surface area contributed by atoms with Gasteiger partial charge in [-0.15, -0.1) is 12.4 Å². The predicted molar refractivity (Wildman–Crippen MR) is 138 cm³/mol. The molecule has 0 radical (unpaired) electrons. The van der Waals surface area contributed by atoms with Crippen LogP contribution in [0.15, 0.2) is 42.5 Å². The van der Waals surface area contributed by atoms with Crippen molar-refractivity contribution in [3.63, 3.8) is 0 Å². The van der Waals surface area contributed by atoms with Gasteiger partial charge in [-0.05, 0) is 75.0 Å². The molecule has 5 nitrogen and oxygen atoms in total. The molecule has 1 heterocycles. The molecule has 3 rings (SSSR count). The van der Waals surface area contributed by atoms with Crippen LogP contribution in [0.1, 0.15) is 53.2 Å². The first-order valence-corrected chi connectivity index (χ1v) is 12.0. The lowest BCUT2D eigenvalue weighted by Gasteiger charge is -2.29. The average Bonchev–Trinajstić information content (AvgIpc) is 2.80. The molecule has 0 saturated heterocycles. The molecule has 180 valence electrons. The number of urea groups is 1. The van der Waals surface area contributed by atoms with Gasteiger partial charge in [0.2, 0.25) is 0 Å². The third-order valence-corrected chi connectivity index (χ3v) is 6.44. The lowest BCUT2D eigenvalue weighted by molar-refractivity contribution is 0.0978. The number of likely N-dealkylation sites (N-methyl/N-ethyl adjacent to an activating group) is 1. The van der Waals surface area contributed by atoms with E-state index in [0.717, 1.165) is 61.5 Å². The van der Waals surface area contributed by atoms with E-state index < -0.39 is 0 Å². The van der Waals surface area contributed by atoms with Crippen LogP contribution >= 0.6 is 24.0 Å². The monoisotopic (exact) mass is 491 g/mol. The smallest absolute Gasteiger partial charge is 0.317 e. The van der Waals surface area contributed by atoms with E-state index in [9.17, 15) is 9.59 Å². The molecule has 1 aliphatic rings. The second-order valence-corrected chi connectivity index (χ2v) is 8.92. The second kappa shape index (κ2) is 13.6. The van der Waals surface area contributed by atoms with Crippen LogP contribution in [0.5, 0.6) is 0 Å². The molecule has 0 bridgehead atoms. The number of benzene rings is 2. The normalized spacial score (nSPS) is 12.8. The van der Waals surface area contributed by atoms with E-state index in [1.807, 2.05) is 42.2 Å². The van der Waals surface area contributed by atoms with Gasteiger partial charge in [-0.2, -0.15) is 0 Å². The van der Waals surface area contributed by atoms with E-state index in [1.165, 1.54) is 11.1 Å². The van der Waals surface area contributed by atoms with E-state index in [2.05, 4.69) is 29.4 Å². The van der Waals surface area contributed by atoms with Gasteiger partial charge in [0.15, 0.2) is 5.78 Å². The van der Waals surface area contributed by atoms with Crippen LogP contribution in [0.3, 0.4) is 0 Å². The van der Waals surface area contributed by atoms with Crippen molar-refractivity contribution in [2.75, 3.05) is 33.2 Å². The van der Waals surface area contributed by atoms with Crippen molar-refractivity contribution in [2.45, 2.75) is 45.6 Å². The molecule has 0 unspecified atom stereocenters. The van der Waals surface area contributed by atoms with Crippen molar-refractivity contribution >= 4 is 35.8 Å². The van der Waals surface area contributed by atoms with Gasteiger partial charge in [0.25, 0.3) is 0 Å². The number of Topliss-reactive ketones (excluding diaryl/α,β-unsaturated/α-hetero) is 1. The van der Waals surface area contributed by atoms with Crippen molar-refractivity contribution < 1.29 is 9.59 Å². The van der Waals surface area contributed by atoms with Crippen LogP contribution in [0.25, 0.3) is 0 Å². The summed E-state index contributed by atoms with van der Waals surface area (Å²) in [6.45, 7) is 5.74. The fraction of sp³-hybridized carbons (Fsp3) is 0.462. The maximum Gasteiger partial charge on any atom is 0.317 e. The lowest BCUT2D eigenvalue weighted by Crippen LogP contribution is -2.42. The van der Waals surface area contributed by atoms with E-state index >= 15 is 0 Å². The molecule has 7 heteroatoms. The van der Waals surface area contributed by atoms with Gasteiger partial charge in [-0.1, -0.05) is 41.9 Å². The Balaban J connectivity index is 0.00000385. The largest absolute Gasteiger partial charge is 0.338 e. The molecular weight excluding hydrogens is 457 g/mol. The van der Waals surface area contributed by atoms with Crippen LogP contribution in [0.2, 0.25) is 5.02 Å². The summed E-state index contributed by atoms with van der Waals surface area (Å²) in [7, 11) is 2.11. The number of nitrogens with one attached hydrogen (secondary N) is 1. The number of fused-ring (bicyclic) bond motifs is 1. The first-order chi connectivity index (χ1) is 15.5.